The van der Waals surface area contributed by atoms with Crippen molar-refractivity contribution in [2.45, 2.75) is 5.66 Å². The number of esters is 1. The van der Waals surface area contributed by atoms with E-state index >= 15 is 0 Å². The first-order valence-corrected chi connectivity index (χ1v) is 6.13. The van der Waals surface area contributed by atoms with Gasteiger partial charge in [-0.05, 0) is 6.08 Å². The maximum absolute atomic E-state index is 11.7. The van der Waals surface area contributed by atoms with Gasteiger partial charge in [0.1, 0.15) is 6.61 Å². The first-order valence-electron chi connectivity index (χ1n) is 5.59. The van der Waals surface area contributed by atoms with Crippen LogP contribution >= 0.6 is 11.6 Å². The largest absolute Gasteiger partial charge is 0.493 e. The number of carbonyl (C=O) groups excluding carboxylic acids is 1. The summed E-state index contributed by atoms with van der Waals surface area (Å²) in [6, 6.07) is 0. The fourth-order valence-electron chi connectivity index (χ4n) is 1.72. The average molecular weight is 307 g/mol. The molecule has 112 valence electrons. The third-order valence-electron chi connectivity index (χ3n) is 2.75. The Kier molecular flexibility index (Phi) is 5.34. The van der Waals surface area contributed by atoms with Crippen LogP contribution < -0.4 is 5.73 Å². The van der Waals surface area contributed by atoms with Crippen LogP contribution in [0.25, 0.3) is 0 Å². The molecule has 0 radical (unpaired) electrons. The molecule has 0 saturated heterocycles. The van der Waals surface area contributed by atoms with Crippen molar-refractivity contribution < 1.29 is 23.9 Å². The van der Waals surface area contributed by atoms with E-state index in [4.69, 9.17) is 26.8 Å². The van der Waals surface area contributed by atoms with Gasteiger partial charge in [-0.1, -0.05) is 0 Å². The van der Waals surface area contributed by atoms with Gasteiger partial charge < -0.3 is 14.2 Å². The molecule has 1 rings (SSSR count). The Morgan fingerprint density at radius 1 is 1.55 bits per heavy atom. The van der Waals surface area contributed by atoms with Gasteiger partial charge in [-0.15, -0.1) is 11.6 Å². The van der Waals surface area contributed by atoms with Crippen LogP contribution in [0.4, 0.5) is 0 Å². The van der Waals surface area contributed by atoms with Gasteiger partial charge in [0, 0.05) is 4.92 Å². The molecule has 0 amide bonds. The van der Waals surface area contributed by atoms with Crippen molar-refractivity contribution in [3.63, 3.8) is 0 Å². The monoisotopic (exact) mass is 306 g/mol. The standard InChI is InChI=1S/C11H15ClN2O6/c1-18-8-5-7(10(15)19-2)11(13,14(16)17)6-9(8)20-4-3-12/h5-7H,3-4,13H2,1-2H3. The van der Waals surface area contributed by atoms with E-state index in [1.165, 1.54) is 13.2 Å². The van der Waals surface area contributed by atoms with Crippen molar-refractivity contribution in [2.24, 2.45) is 11.7 Å². The number of nitro groups is 1. The summed E-state index contributed by atoms with van der Waals surface area (Å²) in [6.07, 6.45) is 2.23. The van der Waals surface area contributed by atoms with Crippen molar-refractivity contribution in [3.8, 4) is 0 Å². The van der Waals surface area contributed by atoms with Crippen LogP contribution in [0.3, 0.4) is 0 Å². The van der Waals surface area contributed by atoms with Gasteiger partial charge in [-0.25, -0.2) is 0 Å². The van der Waals surface area contributed by atoms with Gasteiger partial charge in [-0.3, -0.25) is 20.6 Å². The number of methoxy groups -OCH3 is 2. The minimum atomic E-state index is -2.17. The van der Waals surface area contributed by atoms with E-state index in [-0.39, 0.29) is 24.0 Å². The lowest BCUT2D eigenvalue weighted by Gasteiger charge is -2.28. The smallest absolute Gasteiger partial charge is 0.322 e. The first-order chi connectivity index (χ1) is 9.40. The molecule has 0 spiro atoms. The predicted molar refractivity (Wildman–Crippen MR) is 69.3 cm³/mol. The van der Waals surface area contributed by atoms with Gasteiger partial charge in [-0.2, -0.15) is 0 Å². The molecule has 8 nitrogen and oxygen atoms in total. The maximum Gasteiger partial charge on any atom is 0.322 e. The van der Waals surface area contributed by atoms with Crippen LogP contribution in [-0.4, -0.2) is 43.3 Å². The summed E-state index contributed by atoms with van der Waals surface area (Å²) in [7, 11) is 2.46. The molecule has 0 aromatic heterocycles. The number of carbonyl (C=O) groups is 1. The quantitative estimate of drug-likeness (QED) is 0.248. The van der Waals surface area contributed by atoms with Gasteiger partial charge in [0.15, 0.2) is 17.4 Å². The van der Waals surface area contributed by atoms with Crippen molar-refractivity contribution in [2.75, 3.05) is 26.7 Å². The molecule has 2 atom stereocenters. The normalized spacial score (nSPS) is 25.3. The molecule has 0 fully saturated rings. The topological polar surface area (TPSA) is 114 Å². The van der Waals surface area contributed by atoms with E-state index in [2.05, 4.69) is 4.74 Å². The van der Waals surface area contributed by atoms with Gasteiger partial charge >= 0.3 is 11.6 Å². The maximum atomic E-state index is 11.7. The lowest BCUT2D eigenvalue weighted by molar-refractivity contribution is -0.560. The summed E-state index contributed by atoms with van der Waals surface area (Å²) in [5.74, 6) is -1.75. The number of nitrogens with two attached hydrogens (primary N) is 1. The molecular weight excluding hydrogens is 292 g/mol. The van der Waals surface area contributed by atoms with E-state index in [0.29, 0.717) is 0 Å². The molecule has 0 saturated carbocycles. The van der Waals surface area contributed by atoms with Crippen LogP contribution in [0.15, 0.2) is 23.7 Å². The highest BCUT2D eigenvalue weighted by molar-refractivity contribution is 6.17. The van der Waals surface area contributed by atoms with E-state index in [1.54, 1.807) is 0 Å². The number of hydrogen-bond donors (Lipinski definition) is 1. The van der Waals surface area contributed by atoms with Crippen molar-refractivity contribution >= 4 is 17.6 Å². The molecule has 2 N–H and O–H groups in total. The molecular formula is C11H15ClN2O6. The number of hydrogen-bond acceptors (Lipinski definition) is 7. The highest BCUT2D eigenvalue weighted by Crippen LogP contribution is 2.32. The summed E-state index contributed by atoms with van der Waals surface area (Å²) in [5, 5.41) is 11.2. The second-order valence-corrected chi connectivity index (χ2v) is 4.30. The summed E-state index contributed by atoms with van der Waals surface area (Å²) < 4.78 is 14.8. The van der Waals surface area contributed by atoms with Crippen LogP contribution in [0.1, 0.15) is 0 Å². The zero-order valence-corrected chi connectivity index (χ0v) is 11.8. The molecule has 1 aliphatic carbocycles. The Hall–Kier alpha value is -1.80. The third-order valence-corrected chi connectivity index (χ3v) is 2.90. The number of rotatable bonds is 6. The third kappa shape index (κ3) is 3.02. The van der Waals surface area contributed by atoms with Crippen molar-refractivity contribution in [1.82, 2.24) is 0 Å². The number of nitrogens with zero attached hydrogens (tertiary/aromatic N) is 1. The molecule has 0 aromatic carbocycles. The Bertz CT molecular complexity index is 464. The SMILES string of the molecule is COC(=O)C1C=C(OC)C(OCCCl)=CC1(N)[N+](=O)[O-]. The molecule has 2 unspecified atom stereocenters. The first kappa shape index (κ1) is 16.3. The van der Waals surface area contributed by atoms with Gasteiger partial charge in [0.05, 0.1) is 26.2 Å². The zero-order valence-electron chi connectivity index (χ0n) is 11.0. The van der Waals surface area contributed by atoms with Crippen molar-refractivity contribution in [3.05, 3.63) is 33.8 Å². The lowest BCUT2D eigenvalue weighted by atomic mass is 9.88. The second kappa shape index (κ2) is 6.58. The van der Waals surface area contributed by atoms with E-state index in [1.807, 2.05) is 0 Å². The van der Waals surface area contributed by atoms with E-state index in [9.17, 15) is 14.9 Å². The fraction of sp³-hybridized carbons (Fsp3) is 0.545. The highest BCUT2D eigenvalue weighted by atomic mass is 35.5. The molecule has 9 heteroatoms. The summed E-state index contributed by atoms with van der Waals surface area (Å²) in [6.45, 7) is 0.116. The fourth-order valence-corrected chi connectivity index (χ4v) is 1.80. The Balaban J connectivity index is 3.23. The number of halogens is 1. The van der Waals surface area contributed by atoms with Crippen molar-refractivity contribution in [1.29, 1.82) is 0 Å². The van der Waals surface area contributed by atoms with Crippen LogP contribution in [0, 0.1) is 16.0 Å². The number of ether oxygens (including phenoxy) is 3. The summed E-state index contributed by atoms with van der Waals surface area (Å²) in [5.41, 5.74) is 3.54. The average Bonchev–Trinajstić information content (AvgIpc) is 2.44. The Morgan fingerprint density at radius 2 is 2.20 bits per heavy atom. The van der Waals surface area contributed by atoms with Gasteiger partial charge in [0.2, 0.25) is 0 Å². The minimum absolute atomic E-state index is 0.0625. The highest BCUT2D eigenvalue weighted by Gasteiger charge is 2.52. The predicted octanol–water partition coefficient (Wildman–Crippen LogP) is 0.391. The zero-order chi connectivity index (χ0) is 15.3. The van der Waals surface area contributed by atoms with Gasteiger partial charge in [0.25, 0.3) is 0 Å². The molecule has 0 bridgehead atoms. The lowest BCUT2D eigenvalue weighted by Crippen LogP contribution is -2.56. The number of alkyl halides is 1. The van der Waals surface area contributed by atoms with Crippen LogP contribution in [-0.2, 0) is 19.0 Å². The molecule has 0 heterocycles. The summed E-state index contributed by atoms with van der Waals surface area (Å²) >= 11 is 5.50. The Labute approximate surface area is 120 Å². The van der Waals surface area contributed by atoms with Crippen LogP contribution in [0.5, 0.6) is 0 Å². The summed E-state index contributed by atoms with van der Waals surface area (Å²) in [4.78, 5) is 22.1. The Morgan fingerprint density at radius 3 is 2.65 bits per heavy atom. The molecule has 1 aliphatic rings. The van der Waals surface area contributed by atoms with E-state index < -0.39 is 22.5 Å². The molecule has 20 heavy (non-hydrogen) atoms. The molecule has 0 aromatic rings. The van der Waals surface area contributed by atoms with Crippen LogP contribution in [0.2, 0.25) is 0 Å². The minimum Gasteiger partial charge on any atom is -0.493 e. The second-order valence-electron chi connectivity index (χ2n) is 3.93. The van der Waals surface area contributed by atoms with E-state index in [0.717, 1.165) is 13.2 Å². The molecule has 0 aliphatic heterocycles.